The Balaban J connectivity index is 1.69. The van der Waals surface area contributed by atoms with Crippen LogP contribution in [0.3, 0.4) is 0 Å². The predicted molar refractivity (Wildman–Crippen MR) is 67.0 cm³/mol. The van der Waals surface area contributed by atoms with E-state index in [1.165, 1.54) is 17.8 Å². The summed E-state index contributed by atoms with van der Waals surface area (Å²) < 4.78 is 5.13. The smallest absolute Gasteiger partial charge is 0.338 e. The molecule has 1 fully saturated rings. The maximum Gasteiger partial charge on any atom is 0.338 e. The Morgan fingerprint density at radius 2 is 2.37 bits per heavy atom. The molecular weight excluding hydrogens is 266 g/mol. The number of carbonyl (C=O) groups is 1. The summed E-state index contributed by atoms with van der Waals surface area (Å²) in [4.78, 5) is 19.4. The Morgan fingerprint density at radius 1 is 1.53 bits per heavy atom. The molecule has 2 aromatic rings. The highest BCUT2D eigenvalue weighted by molar-refractivity contribution is 7.98. The number of hydrogen-bond donors (Lipinski definition) is 1. The molecule has 1 aliphatic carbocycles. The van der Waals surface area contributed by atoms with Crippen molar-refractivity contribution in [2.45, 2.75) is 29.5 Å². The number of thioether (sulfide) groups is 1. The molecule has 0 aromatic carbocycles. The van der Waals surface area contributed by atoms with Crippen LogP contribution in [0.15, 0.2) is 27.9 Å². The molecule has 0 unspecified atom stereocenters. The summed E-state index contributed by atoms with van der Waals surface area (Å²) in [7, 11) is 0. The molecule has 0 spiro atoms. The lowest BCUT2D eigenvalue weighted by Gasteiger charge is -2.01. The largest absolute Gasteiger partial charge is 0.478 e. The highest BCUT2D eigenvalue weighted by Crippen LogP contribution is 2.38. The minimum Gasteiger partial charge on any atom is -0.478 e. The van der Waals surface area contributed by atoms with Gasteiger partial charge in [0, 0.05) is 12.1 Å². The quantitative estimate of drug-likeness (QED) is 0.839. The van der Waals surface area contributed by atoms with Gasteiger partial charge in [-0.1, -0.05) is 16.9 Å². The Labute approximate surface area is 113 Å². The van der Waals surface area contributed by atoms with Gasteiger partial charge in [-0.2, -0.15) is 4.98 Å². The molecule has 6 nitrogen and oxygen atoms in total. The van der Waals surface area contributed by atoms with Crippen molar-refractivity contribution in [3.8, 4) is 0 Å². The van der Waals surface area contributed by atoms with E-state index in [0.717, 1.165) is 18.7 Å². The number of rotatable bonds is 5. The van der Waals surface area contributed by atoms with Gasteiger partial charge in [-0.3, -0.25) is 0 Å². The second kappa shape index (κ2) is 5.00. The summed E-state index contributed by atoms with van der Waals surface area (Å²) in [5.41, 5.74) is 0.189. The van der Waals surface area contributed by atoms with Crippen LogP contribution >= 0.6 is 11.8 Å². The summed E-state index contributed by atoms with van der Waals surface area (Å²) in [6.45, 7) is 0. The minimum absolute atomic E-state index is 0.189. The Bertz CT molecular complexity index is 610. The van der Waals surface area contributed by atoms with Gasteiger partial charge in [0.1, 0.15) is 5.03 Å². The van der Waals surface area contributed by atoms with Crippen molar-refractivity contribution in [1.82, 2.24) is 15.1 Å². The molecule has 2 aromatic heterocycles. The maximum absolute atomic E-state index is 11.0. The molecule has 0 atom stereocenters. The normalized spacial score (nSPS) is 14.5. The summed E-state index contributed by atoms with van der Waals surface area (Å²) in [5.74, 6) is 1.16. The van der Waals surface area contributed by atoms with E-state index in [-0.39, 0.29) is 5.56 Å². The fourth-order valence-corrected chi connectivity index (χ4v) is 2.46. The third-order valence-electron chi connectivity index (χ3n) is 2.76. The van der Waals surface area contributed by atoms with Gasteiger partial charge >= 0.3 is 5.97 Å². The molecule has 98 valence electrons. The molecule has 0 saturated heterocycles. The Morgan fingerprint density at radius 3 is 3.11 bits per heavy atom. The van der Waals surface area contributed by atoms with Crippen molar-refractivity contribution in [1.29, 1.82) is 0 Å². The van der Waals surface area contributed by atoms with Crippen molar-refractivity contribution < 1.29 is 14.4 Å². The second-order valence-electron chi connectivity index (χ2n) is 4.27. The number of pyridine rings is 1. The molecule has 1 saturated carbocycles. The predicted octanol–water partition coefficient (Wildman–Crippen LogP) is 2.33. The van der Waals surface area contributed by atoms with Gasteiger partial charge in [-0.05, 0) is 25.0 Å². The summed E-state index contributed by atoms with van der Waals surface area (Å²) >= 11 is 1.29. The van der Waals surface area contributed by atoms with E-state index in [0.29, 0.717) is 22.6 Å². The molecule has 1 N–H and O–H groups in total. The standard InChI is InChI=1S/C12H11N3O3S/c16-12(17)8-2-1-5-13-11(8)19-6-9-14-10(15-18-9)7-3-4-7/h1-2,5,7H,3-4,6H2,(H,16,17). The second-order valence-corrected chi connectivity index (χ2v) is 5.23. The first-order valence-electron chi connectivity index (χ1n) is 5.87. The zero-order chi connectivity index (χ0) is 13.2. The van der Waals surface area contributed by atoms with E-state index in [1.54, 1.807) is 12.3 Å². The SMILES string of the molecule is O=C(O)c1cccnc1SCc1nc(C2CC2)no1. The van der Waals surface area contributed by atoms with Crippen molar-refractivity contribution in [3.05, 3.63) is 35.6 Å². The maximum atomic E-state index is 11.0. The van der Waals surface area contributed by atoms with Gasteiger partial charge in [0.2, 0.25) is 5.89 Å². The third kappa shape index (κ3) is 2.76. The van der Waals surface area contributed by atoms with E-state index in [4.69, 9.17) is 9.63 Å². The van der Waals surface area contributed by atoms with E-state index >= 15 is 0 Å². The van der Waals surface area contributed by atoms with Crippen LogP contribution < -0.4 is 0 Å². The highest BCUT2D eigenvalue weighted by Gasteiger charge is 2.28. The topological polar surface area (TPSA) is 89.1 Å². The van der Waals surface area contributed by atoms with Crippen LogP contribution in [-0.4, -0.2) is 26.2 Å². The number of nitrogens with zero attached hydrogens (tertiary/aromatic N) is 3. The number of carboxylic acid groups (broad SMARTS) is 1. The van der Waals surface area contributed by atoms with Gasteiger partial charge in [-0.15, -0.1) is 0 Å². The Hall–Kier alpha value is -1.89. The third-order valence-corrected chi connectivity index (χ3v) is 3.75. The zero-order valence-corrected chi connectivity index (χ0v) is 10.8. The van der Waals surface area contributed by atoms with E-state index < -0.39 is 5.97 Å². The minimum atomic E-state index is -0.986. The average Bonchev–Trinajstić information content (AvgIpc) is 3.16. The van der Waals surface area contributed by atoms with Crippen LogP contribution in [-0.2, 0) is 5.75 Å². The van der Waals surface area contributed by atoms with E-state index in [9.17, 15) is 4.79 Å². The van der Waals surface area contributed by atoms with E-state index in [2.05, 4.69) is 15.1 Å². The number of hydrogen-bond acceptors (Lipinski definition) is 6. The first-order chi connectivity index (χ1) is 9.24. The molecule has 7 heteroatoms. The number of aromatic nitrogens is 3. The van der Waals surface area contributed by atoms with Crippen LogP contribution in [0.5, 0.6) is 0 Å². The fourth-order valence-electron chi connectivity index (χ4n) is 1.63. The first-order valence-corrected chi connectivity index (χ1v) is 6.86. The van der Waals surface area contributed by atoms with Gasteiger partial charge in [0.25, 0.3) is 0 Å². The molecule has 0 amide bonds. The summed E-state index contributed by atoms with van der Waals surface area (Å²) in [6, 6.07) is 3.13. The van der Waals surface area contributed by atoms with Gasteiger partial charge in [0.15, 0.2) is 5.82 Å². The molecule has 19 heavy (non-hydrogen) atoms. The van der Waals surface area contributed by atoms with Crippen molar-refractivity contribution >= 4 is 17.7 Å². The number of aromatic carboxylic acids is 1. The molecule has 0 aliphatic heterocycles. The average molecular weight is 277 g/mol. The van der Waals surface area contributed by atoms with Crippen LogP contribution in [0.1, 0.15) is 40.8 Å². The monoisotopic (exact) mass is 277 g/mol. The zero-order valence-electron chi connectivity index (χ0n) is 9.94. The van der Waals surface area contributed by atoms with Crippen molar-refractivity contribution in [2.24, 2.45) is 0 Å². The van der Waals surface area contributed by atoms with Gasteiger partial charge < -0.3 is 9.63 Å². The van der Waals surface area contributed by atoms with Crippen LogP contribution in [0, 0.1) is 0 Å². The lowest BCUT2D eigenvalue weighted by molar-refractivity contribution is 0.0692. The molecule has 3 rings (SSSR count). The van der Waals surface area contributed by atoms with Crippen LogP contribution in [0.25, 0.3) is 0 Å². The first kappa shape index (κ1) is 12.2. The summed E-state index contributed by atoms with van der Waals surface area (Å²) in [5, 5.41) is 13.4. The van der Waals surface area contributed by atoms with Gasteiger partial charge in [0.05, 0.1) is 11.3 Å². The number of carboxylic acids is 1. The molecule has 1 aliphatic rings. The highest BCUT2D eigenvalue weighted by atomic mass is 32.2. The molecule has 0 bridgehead atoms. The summed E-state index contributed by atoms with van der Waals surface area (Å²) in [6.07, 6.45) is 3.81. The lowest BCUT2D eigenvalue weighted by Crippen LogP contribution is -2.00. The van der Waals surface area contributed by atoms with Crippen molar-refractivity contribution in [3.63, 3.8) is 0 Å². The van der Waals surface area contributed by atoms with Crippen LogP contribution in [0.2, 0.25) is 0 Å². The molecule has 2 heterocycles. The molecule has 0 radical (unpaired) electrons. The lowest BCUT2D eigenvalue weighted by atomic mass is 10.3. The van der Waals surface area contributed by atoms with Crippen LogP contribution in [0.4, 0.5) is 0 Å². The fraction of sp³-hybridized carbons (Fsp3) is 0.333. The molecular formula is C12H11N3O3S. The van der Waals surface area contributed by atoms with Gasteiger partial charge in [-0.25, -0.2) is 9.78 Å². The Kier molecular flexibility index (Phi) is 3.20. The van der Waals surface area contributed by atoms with E-state index in [1.807, 2.05) is 0 Å². The van der Waals surface area contributed by atoms with Crippen molar-refractivity contribution in [2.75, 3.05) is 0 Å².